The summed E-state index contributed by atoms with van der Waals surface area (Å²) in [5, 5.41) is 18.2. The van der Waals surface area contributed by atoms with Crippen molar-refractivity contribution in [2.45, 2.75) is 194 Å². The first-order valence-electron chi connectivity index (χ1n) is 30.2. The normalized spacial score (nSPS) is 19.5. The number of benzene rings is 3. The molecular weight excluding hydrogens is 1110 g/mol. The van der Waals surface area contributed by atoms with Gasteiger partial charge in [0.15, 0.2) is 0 Å². The second kappa shape index (κ2) is 30.1. The van der Waals surface area contributed by atoms with Crippen molar-refractivity contribution >= 4 is 72.3 Å². The molecule has 0 unspecified atom stereocenters. The average molecular weight is 1200 g/mol. The van der Waals surface area contributed by atoms with Gasteiger partial charge in [-0.2, -0.15) is 0 Å². The number of anilines is 1. The number of hydrogen-bond acceptors (Lipinski definition) is 13. The zero-order valence-corrected chi connectivity index (χ0v) is 53.7. The molecule has 0 aliphatic carbocycles. The van der Waals surface area contributed by atoms with E-state index in [1.807, 2.05) is 95.3 Å². The summed E-state index contributed by atoms with van der Waals surface area (Å²) in [6.07, 6.45) is -0.270. The Bertz CT molecular complexity index is 2760. The zero-order chi connectivity index (χ0) is 65.0. The topological polar surface area (TPSA) is 283 Å². The number of nitrogen functional groups attached to an aromatic ring is 1. The van der Waals surface area contributed by atoms with Gasteiger partial charge >= 0.3 is 268 Å². The number of carbonyl (C=O) groups excluding carboxylic acids is 9. The fourth-order valence-electron chi connectivity index (χ4n) is 10.3. The summed E-state index contributed by atoms with van der Waals surface area (Å²) in [6, 6.07) is 14.5. The van der Waals surface area contributed by atoms with Gasteiger partial charge in [0, 0.05) is 19.6 Å². The van der Waals surface area contributed by atoms with E-state index < -0.39 is 131 Å². The van der Waals surface area contributed by atoms with Gasteiger partial charge < -0.3 is 31.3 Å². The van der Waals surface area contributed by atoms with Gasteiger partial charge in [-0.15, -0.1) is 0 Å². The Morgan fingerprint density at radius 1 is 0.575 bits per heavy atom. The standard InChI is InChI=1S/C64H94BN11O11/c1-17-36(3)51(71-53(65)40(7)73(15)61(84)86-63(9,10)11)59(82)75-34-47(32-49(75)57(80)67-38(5)42-25-21-19-22-26-42)69-55(78)44-29-45(31-46(66)30-44)56(79)70-48-33-50(58(81)68-39(6)43-27-23-20-24-28-43)76(35-48)60(83)52(37(4)18-2)72-54(77)41(8)74(16)62(85)87-64(12,13)14/h19-31,36-41,47-52,65,71H,17-18,32-35,66H2,1-16H3,(H,67,80)(H,68,81)(H,69,78)(H,70,79)(H,72,77)/t36-,37-,38+,39+,40-,41-,47-,48-,49-,50-,51-,52-/m0/s1. The quantitative estimate of drug-likeness (QED) is 0.0457. The third-order valence-corrected chi connectivity index (χ3v) is 16.2. The van der Waals surface area contributed by atoms with Crippen molar-refractivity contribution in [1.82, 2.24) is 51.5 Å². The molecule has 9 amide bonds. The summed E-state index contributed by atoms with van der Waals surface area (Å²) in [6.45, 7) is 24.6. The van der Waals surface area contributed by atoms with Gasteiger partial charge in [0.25, 0.3) is 5.91 Å². The molecule has 0 radical (unpaired) electrons. The summed E-state index contributed by atoms with van der Waals surface area (Å²) in [5.74, 6) is -4.53. The van der Waals surface area contributed by atoms with Crippen LogP contribution in [0.3, 0.4) is 0 Å². The molecule has 2 aliphatic rings. The van der Waals surface area contributed by atoms with Crippen molar-refractivity contribution in [2.75, 3.05) is 32.9 Å². The summed E-state index contributed by atoms with van der Waals surface area (Å²) in [7, 11) is 7.22. The van der Waals surface area contributed by atoms with E-state index in [1.165, 1.54) is 46.9 Å². The van der Waals surface area contributed by atoms with E-state index in [-0.39, 0.29) is 48.7 Å². The second-order valence-electron chi connectivity index (χ2n) is 25.4. The Labute approximate surface area is 514 Å². The molecule has 22 nitrogen and oxygen atoms in total. The molecule has 3 aromatic carbocycles. The molecule has 0 aromatic heterocycles. The van der Waals surface area contributed by atoms with Gasteiger partial charge in [0.2, 0.25) is 17.7 Å². The molecule has 474 valence electrons. The molecular formula is C64H94BN11O11. The van der Waals surface area contributed by atoms with Crippen molar-refractivity contribution < 1.29 is 52.6 Å². The van der Waals surface area contributed by atoms with Crippen LogP contribution in [0.1, 0.15) is 167 Å². The third kappa shape index (κ3) is 19.0. The average Bonchev–Trinajstić information content (AvgIpc) is 1.91. The molecule has 2 saturated heterocycles. The molecule has 2 aliphatic heterocycles. The van der Waals surface area contributed by atoms with Crippen LogP contribution in [0.2, 0.25) is 0 Å². The SMILES string of the molecule is B=C(N[C@H](C(=O)N1C[C@@H](NC(=O)c2cc(N)cc(C(=O)N[C@H]3C[C@@H](C(=O)N[C@H](C)c4ccccc4)N(C(=O)[C@@H](NC(=O)[C@H](C)N(C)C(=O)OC(C)(C)C)[C@@H](C)CC)C3)c2)C[C@H]1C(=O)N[C@H](C)c1ccccc1)[C@@H](C)CC)[C@H](C)N(C)C(=O)OC(C)(C)C. The molecule has 0 spiro atoms. The van der Waals surface area contributed by atoms with Gasteiger partial charge in [-0.3, -0.25) is 24.1 Å². The molecule has 87 heavy (non-hydrogen) atoms. The van der Waals surface area contributed by atoms with Crippen LogP contribution in [0.4, 0.5) is 15.3 Å². The maximum atomic E-state index is 15.0. The van der Waals surface area contributed by atoms with Gasteiger partial charge in [-0.1, -0.05) is 56.7 Å². The van der Waals surface area contributed by atoms with Crippen LogP contribution in [0, 0.1) is 11.8 Å². The van der Waals surface area contributed by atoms with E-state index in [4.69, 9.17) is 15.2 Å². The number of nitrogens with one attached hydrogen (secondary N) is 6. The number of likely N-dealkylation sites (N-methyl/N-ethyl adjacent to an activating group) is 2. The monoisotopic (exact) mass is 1200 g/mol. The summed E-state index contributed by atoms with van der Waals surface area (Å²) in [4.78, 5) is 133. The Kier molecular flexibility index (Phi) is 24.1. The fraction of sp³-hybridized carbons (Fsp3) is 0.562. The maximum absolute atomic E-state index is 15.0. The van der Waals surface area contributed by atoms with Crippen LogP contribution in [0.5, 0.6) is 0 Å². The number of nitrogens with zero attached hydrogens (tertiary/aromatic N) is 4. The number of nitrogens with two attached hydrogens (primary N) is 1. The Hall–Kier alpha value is -7.98. The van der Waals surface area contributed by atoms with Crippen molar-refractivity contribution in [3.05, 3.63) is 101 Å². The number of likely N-dealkylation sites (tertiary alicyclic amines) is 2. The summed E-state index contributed by atoms with van der Waals surface area (Å²) < 4.78 is 11.1. The predicted molar refractivity (Wildman–Crippen MR) is 336 cm³/mol. The number of ether oxygens (including phenoxy) is 2. The van der Waals surface area contributed by atoms with E-state index in [9.17, 15) is 38.4 Å². The molecule has 23 heteroatoms. The van der Waals surface area contributed by atoms with Crippen molar-refractivity contribution in [1.29, 1.82) is 0 Å². The second-order valence-corrected chi connectivity index (χ2v) is 25.4. The van der Waals surface area contributed by atoms with Gasteiger partial charge in [0.05, 0.1) is 6.04 Å². The number of rotatable bonds is 23. The van der Waals surface area contributed by atoms with E-state index in [2.05, 4.69) is 39.4 Å². The van der Waals surface area contributed by atoms with Crippen molar-refractivity contribution in [3.63, 3.8) is 0 Å². The molecule has 12 atom stereocenters. The predicted octanol–water partition coefficient (Wildman–Crippen LogP) is 5.50. The van der Waals surface area contributed by atoms with E-state index in [1.54, 1.807) is 62.4 Å². The molecule has 2 fully saturated rings. The number of carbonyl (C=O) groups is 9. The van der Waals surface area contributed by atoms with Crippen LogP contribution in [0.25, 0.3) is 0 Å². The summed E-state index contributed by atoms with van der Waals surface area (Å²) >= 11 is 0. The number of hydrogen-bond donors (Lipinski definition) is 7. The van der Waals surface area contributed by atoms with Crippen molar-refractivity contribution in [2.24, 2.45) is 11.8 Å². The van der Waals surface area contributed by atoms with Crippen LogP contribution in [0.15, 0.2) is 78.9 Å². The third-order valence-electron chi connectivity index (χ3n) is 16.2. The van der Waals surface area contributed by atoms with E-state index in [0.29, 0.717) is 18.4 Å². The van der Waals surface area contributed by atoms with Gasteiger partial charge in [-0.25, -0.2) is 4.79 Å². The number of amides is 9. The van der Waals surface area contributed by atoms with Crippen LogP contribution in [-0.4, -0.2) is 173 Å². The summed E-state index contributed by atoms with van der Waals surface area (Å²) in [5.41, 5.74) is 6.95. The molecule has 5 rings (SSSR count). The van der Waals surface area contributed by atoms with Crippen LogP contribution in [-0.2, 0) is 33.4 Å². The first-order valence-corrected chi connectivity index (χ1v) is 30.2. The molecule has 0 bridgehead atoms. The van der Waals surface area contributed by atoms with Crippen LogP contribution < -0.4 is 37.6 Å². The Morgan fingerprint density at radius 3 is 1.31 bits per heavy atom. The Morgan fingerprint density at radius 2 is 0.943 bits per heavy atom. The zero-order valence-electron chi connectivity index (χ0n) is 53.7. The van der Waals surface area contributed by atoms with Crippen LogP contribution >= 0.6 is 0 Å². The molecule has 3 aromatic rings. The first-order chi connectivity index (χ1) is 40.6. The van der Waals surface area contributed by atoms with E-state index in [0.717, 1.165) is 16.0 Å². The minimum atomic E-state index is -1.14. The molecule has 2 heterocycles. The fourth-order valence-corrected chi connectivity index (χ4v) is 10.3. The molecule has 0 saturated carbocycles. The minimum absolute atomic E-state index is 0.00101. The Balaban J connectivity index is 1.39. The van der Waals surface area contributed by atoms with Gasteiger partial charge in [-0.05, 0) is 58.6 Å². The first kappa shape index (κ1) is 69.8. The molecule has 8 N–H and O–H groups in total. The van der Waals surface area contributed by atoms with Gasteiger partial charge in [0.1, 0.15) is 23.7 Å². The van der Waals surface area contributed by atoms with E-state index >= 15 is 4.79 Å². The van der Waals surface area contributed by atoms with Crippen molar-refractivity contribution in [3.8, 4) is 0 Å².